The van der Waals surface area contributed by atoms with Crippen molar-refractivity contribution in [3.63, 3.8) is 0 Å². The zero-order chi connectivity index (χ0) is 10.6. The highest BCUT2D eigenvalue weighted by molar-refractivity contribution is 5.78. The molecule has 3 heteroatoms. The van der Waals surface area contributed by atoms with E-state index in [0.717, 1.165) is 5.56 Å². The van der Waals surface area contributed by atoms with Gasteiger partial charge in [-0.25, -0.2) is 0 Å². The Kier molecular flexibility index (Phi) is 3.74. The molecular formula is C11H18N2O. The van der Waals surface area contributed by atoms with Gasteiger partial charge in [0.15, 0.2) is 0 Å². The number of rotatable bonds is 4. The fourth-order valence-corrected chi connectivity index (χ4v) is 1.12. The smallest absolute Gasteiger partial charge is 0.223 e. The summed E-state index contributed by atoms with van der Waals surface area (Å²) in [4.78, 5) is 14.5. The Morgan fingerprint density at radius 1 is 1.50 bits per heavy atom. The summed E-state index contributed by atoms with van der Waals surface area (Å²) >= 11 is 0. The molecule has 1 atom stereocenters. The summed E-state index contributed by atoms with van der Waals surface area (Å²) in [6.45, 7) is 6.68. The summed E-state index contributed by atoms with van der Waals surface area (Å²) < 4.78 is 0. The van der Waals surface area contributed by atoms with Gasteiger partial charge < -0.3 is 10.3 Å². The van der Waals surface area contributed by atoms with Crippen LogP contribution in [0.25, 0.3) is 0 Å². The molecule has 1 heterocycles. The summed E-state index contributed by atoms with van der Waals surface area (Å²) in [6.07, 6.45) is 3.74. The van der Waals surface area contributed by atoms with E-state index in [1.807, 2.05) is 25.4 Å². The molecule has 1 amide bonds. The second kappa shape index (κ2) is 4.84. The van der Waals surface area contributed by atoms with Gasteiger partial charge in [0.25, 0.3) is 0 Å². The third-order valence-electron chi connectivity index (χ3n) is 2.54. The first-order valence-electron chi connectivity index (χ1n) is 5.00. The summed E-state index contributed by atoms with van der Waals surface area (Å²) in [7, 11) is 0. The maximum Gasteiger partial charge on any atom is 0.223 e. The number of H-pyrrole nitrogens is 1. The van der Waals surface area contributed by atoms with E-state index in [2.05, 4.69) is 24.1 Å². The van der Waals surface area contributed by atoms with Crippen molar-refractivity contribution in [3.8, 4) is 0 Å². The van der Waals surface area contributed by atoms with E-state index in [9.17, 15) is 4.79 Å². The Balaban J connectivity index is 2.35. The van der Waals surface area contributed by atoms with E-state index >= 15 is 0 Å². The molecule has 1 unspecified atom stereocenters. The first kappa shape index (κ1) is 10.8. The van der Waals surface area contributed by atoms with Crippen LogP contribution in [0.1, 0.15) is 26.3 Å². The number of hydrogen-bond donors (Lipinski definition) is 2. The first-order valence-corrected chi connectivity index (χ1v) is 5.00. The molecule has 0 saturated carbocycles. The monoisotopic (exact) mass is 194 g/mol. The largest absolute Gasteiger partial charge is 0.367 e. The molecule has 0 radical (unpaired) electrons. The summed E-state index contributed by atoms with van der Waals surface area (Å²) in [5.74, 6) is 0.594. The van der Waals surface area contributed by atoms with Gasteiger partial charge in [-0.05, 0) is 17.5 Å². The lowest BCUT2D eigenvalue weighted by molar-refractivity contribution is -0.125. The molecule has 78 valence electrons. The van der Waals surface area contributed by atoms with E-state index in [1.165, 1.54) is 0 Å². The van der Waals surface area contributed by atoms with Crippen molar-refractivity contribution in [2.75, 3.05) is 0 Å². The van der Waals surface area contributed by atoms with Crippen molar-refractivity contribution in [2.45, 2.75) is 27.3 Å². The van der Waals surface area contributed by atoms with Gasteiger partial charge in [0.2, 0.25) is 5.91 Å². The maximum absolute atomic E-state index is 11.6. The Labute approximate surface area is 84.9 Å². The van der Waals surface area contributed by atoms with Crippen molar-refractivity contribution in [3.05, 3.63) is 24.0 Å². The fourth-order valence-electron chi connectivity index (χ4n) is 1.12. The molecule has 0 aliphatic carbocycles. The average Bonchev–Trinajstić information content (AvgIpc) is 2.65. The minimum Gasteiger partial charge on any atom is -0.367 e. The molecule has 1 rings (SSSR count). The van der Waals surface area contributed by atoms with Gasteiger partial charge in [-0.2, -0.15) is 0 Å². The minimum atomic E-state index is 0.0777. The molecule has 0 aliphatic heterocycles. The SMILES string of the molecule is CC(C)C(C)C(=O)NCc1cc[nH]c1. The van der Waals surface area contributed by atoms with Crippen LogP contribution in [0.3, 0.4) is 0 Å². The lowest BCUT2D eigenvalue weighted by Gasteiger charge is -2.14. The molecule has 1 aromatic rings. The van der Waals surface area contributed by atoms with Crippen molar-refractivity contribution in [2.24, 2.45) is 11.8 Å². The van der Waals surface area contributed by atoms with Crippen LogP contribution in [-0.4, -0.2) is 10.9 Å². The number of nitrogens with one attached hydrogen (secondary N) is 2. The number of carbonyl (C=O) groups excluding carboxylic acids is 1. The van der Waals surface area contributed by atoms with Crippen molar-refractivity contribution in [1.29, 1.82) is 0 Å². The third kappa shape index (κ3) is 2.91. The Morgan fingerprint density at radius 3 is 2.71 bits per heavy atom. The standard InChI is InChI=1S/C11H18N2O/c1-8(2)9(3)11(14)13-7-10-4-5-12-6-10/h4-6,8-9,12H,7H2,1-3H3,(H,13,14). The van der Waals surface area contributed by atoms with Crippen LogP contribution in [0.15, 0.2) is 18.5 Å². The fraction of sp³-hybridized carbons (Fsp3) is 0.545. The zero-order valence-corrected chi connectivity index (χ0v) is 9.00. The van der Waals surface area contributed by atoms with Gasteiger partial charge in [-0.1, -0.05) is 20.8 Å². The molecular weight excluding hydrogens is 176 g/mol. The summed E-state index contributed by atoms with van der Waals surface area (Å²) in [5.41, 5.74) is 1.11. The van der Waals surface area contributed by atoms with Crippen LogP contribution in [0.4, 0.5) is 0 Å². The number of aromatic amines is 1. The van der Waals surface area contributed by atoms with Crippen LogP contribution >= 0.6 is 0 Å². The topological polar surface area (TPSA) is 44.9 Å². The molecule has 0 saturated heterocycles. The summed E-state index contributed by atoms with van der Waals surface area (Å²) in [6, 6.07) is 1.96. The van der Waals surface area contributed by atoms with Crippen LogP contribution in [-0.2, 0) is 11.3 Å². The van der Waals surface area contributed by atoms with E-state index in [0.29, 0.717) is 12.5 Å². The zero-order valence-electron chi connectivity index (χ0n) is 9.00. The molecule has 0 bridgehead atoms. The lowest BCUT2D eigenvalue weighted by Crippen LogP contribution is -2.31. The van der Waals surface area contributed by atoms with Gasteiger partial charge in [-0.3, -0.25) is 4.79 Å². The van der Waals surface area contributed by atoms with Gasteiger partial charge in [0.1, 0.15) is 0 Å². The van der Waals surface area contributed by atoms with Crippen LogP contribution in [0.5, 0.6) is 0 Å². The van der Waals surface area contributed by atoms with Gasteiger partial charge >= 0.3 is 0 Å². The van der Waals surface area contributed by atoms with Crippen molar-refractivity contribution < 1.29 is 4.79 Å². The summed E-state index contributed by atoms with van der Waals surface area (Å²) in [5, 5.41) is 2.91. The first-order chi connectivity index (χ1) is 6.61. The normalized spacial score (nSPS) is 12.9. The van der Waals surface area contributed by atoms with E-state index in [4.69, 9.17) is 0 Å². The minimum absolute atomic E-state index is 0.0777. The Bertz CT molecular complexity index is 277. The van der Waals surface area contributed by atoms with Crippen LogP contribution in [0, 0.1) is 11.8 Å². The number of carbonyl (C=O) groups is 1. The second-order valence-corrected chi connectivity index (χ2v) is 3.97. The second-order valence-electron chi connectivity index (χ2n) is 3.97. The average molecular weight is 194 g/mol. The highest BCUT2D eigenvalue weighted by Gasteiger charge is 2.15. The van der Waals surface area contributed by atoms with E-state index < -0.39 is 0 Å². The third-order valence-corrected chi connectivity index (χ3v) is 2.54. The van der Waals surface area contributed by atoms with E-state index in [1.54, 1.807) is 0 Å². The van der Waals surface area contributed by atoms with E-state index in [-0.39, 0.29) is 11.8 Å². The number of amides is 1. The molecule has 0 spiro atoms. The molecule has 1 aromatic heterocycles. The molecule has 3 nitrogen and oxygen atoms in total. The predicted molar refractivity (Wildman–Crippen MR) is 56.6 cm³/mol. The predicted octanol–water partition coefficient (Wildman–Crippen LogP) is 1.92. The quantitative estimate of drug-likeness (QED) is 0.755. The highest BCUT2D eigenvalue weighted by Crippen LogP contribution is 2.09. The molecule has 14 heavy (non-hydrogen) atoms. The van der Waals surface area contributed by atoms with Crippen molar-refractivity contribution in [1.82, 2.24) is 10.3 Å². The molecule has 0 aromatic carbocycles. The van der Waals surface area contributed by atoms with Gasteiger partial charge in [-0.15, -0.1) is 0 Å². The van der Waals surface area contributed by atoms with Gasteiger partial charge in [0.05, 0.1) is 0 Å². The van der Waals surface area contributed by atoms with Gasteiger partial charge in [0, 0.05) is 24.9 Å². The van der Waals surface area contributed by atoms with Crippen molar-refractivity contribution >= 4 is 5.91 Å². The Morgan fingerprint density at radius 2 is 2.21 bits per heavy atom. The van der Waals surface area contributed by atoms with Crippen LogP contribution < -0.4 is 5.32 Å². The molecule has 2 N–H and O–H groups in total. The molecule has 0 fully saturated rings. The highest BCUT2D eigenvalue weighted by atomic mass is 16.1. The Hall–Kier alpha value is -1.25. The van der Waals surface area contributed by atoms with Crippen LogP contribution in [0.2, 0.25) is 0 Å². The lowest BCUT2D eigenvalue weighted by atomic mass is 9.97. The number of hydrogen-bond acceptors (Lipinski definition) is 1. The maximum atomic E-state index is 11.6. The molecule has 0 aliphatic rings. The number of aromatic nitrogens is 1.